The van der Waals surface area contributed by atoms with Crippen LogP contribution in [0.5, 0.6) is 0 Å². The third-order valence-corrected chi connectivity index (χ3v) is 1.64. The summed E-state index contributed by atoms with van der Waals surface area (Å²) in [5.74, 6) is 0. The maximum atomic E-state index is 10.2. The molecule has 0 bridgehead atoms. The number of aliphatic hydroxyl groups excluding tert-OH is 1. The molecule has 0 saturated heterocycles. The average Bonchev–Trinajstić information content (AvgIpc) is 1.63. The Morgan fingerprint density at radius 3 is 2.33 bits per heavy atom. The van der Waals surface area contributed by atoms with E-state index in [9.17, 15) is 4.57 Å². The van der Waals surface area contributed by atoms with Gasteiger partial charge in [0.2, 0.25) is 0 Å². The number of halogens is 1. The van der Waals surface area contributed by atoms with E-state index in [2.05, 4.69) is 20.5 Å². The molecule has 0 aliphatic carbocycles. The molecule has 2 N–H and O–H groups in total. The molecule has 0 heterocycles. The lowest BCUT2D eigenvalue weighted by Gasteiger charge is -2.07. The van der Waals surface area contributed by atoms with Gasteiger partial charge >= 0.3 is 7.82 Å². The van der Waals surface area contributed by atoms with Crippen LogP contribution in [0.2, 0.25) is 0 Å². The summed E-state index contributed by atoms with van der Waals surface area (Å²) in [5.41, 5.74) is 0. The lowest BCUT2D eigenvalue weighted by molar-refractivity contribution is -0.0186. The van der Waals surface area contributed by atoms with E-state index in [0.29, 0.717) is 0 Å². The zero-order chi connectivity index (χ0) is 7.49. The standard InChI is InChI=1S/C2H6ClO5P/c1-2(4)7-9(5,6)8-3/h2,4H,1H3,(H,5,6). The van der Waals surface area contributed by atoms with Gasteiger partial charge in [0.25, 0.3) is 0 Å². The molecule has 0 rings (SSSR count). The summed E-state index contributed by atoms with van der Waals surface area (Å²) >= 11 is 4.49. The molecule has 5 nitrogen and oxygen atoms in total. The lowest BCUT2D eigenvalue weighted by atomic mass is 10.8. The minimum Gasteiger partial charge on any atom is -0.368 e. The molecule has 0 saturated carbocycles. The van der Waals surface area contributed by atoms with Crippen LogP contribution in [0, 0.1) is 0 Å². The summed E-state index contributed by atoms with van der Waals surface area (Å²) in [4.78, 5) is 8.31. The Labute approximate surface area is 56.9 Å². The van der Waals surface area contributed by atoms with Crippen LogP contribution in [-0.2, 0) is 13.2 Å². The van der Waals surface area contributed by atoms with E-state index in [1.807, 2.05) is 0 Å². The smallest absolute Gasteiger partial charge is 0.368 e. The van der Waals surface area contributed by atoms with Crippen molar-refractivity contribution in [2.45, 2.75) is 13.2 Å². The van der Waals surface area contributed by atoms with Gasteiger partial charge < -0.3 is 10.00 Å². The van der Waals surface area contributed by atoms with Crippen molar-refractivity contribution in [1.82, 2.24) is 0 Å². The first kappa shape index (κ1) is 9.36. The predicted molar refractivity (Wildman–Crippen MR) is 29.5 cm³/mol. The SMILES string of the molecule is CC(O)OP(=O)(O)OCl. The highest BCUT2D eigenvalue weighted by Gasteiger charge is 2.22. The Morgan fingerprint density at radius 1 is 1.78 bits per heavy atom. The minimum absolute atomic E-state index is 1.15. The van der Waals surface area contributed by atoms with Crippen LogP contribution in [0.1, 0.15) is 6.92 Å². The first-order chi connectivity index (χ1) is 3.98. The van der Waals surface area contributed by atoms with Crippen LogP contribution < -0.4 is 0 Å². The first-order valence-electron chi connectivity index (χ1n) is 1.97. The third-order valence-electron chi connectivity index (χ3n) is 0.373. The molecule has 0 aliphatic rings. The molecule has 7 heteroatoms. The Kier molecular flexibility index (Phi) is 3.65. The minimum atomic E-state index is -4.21. The van der Waals surface area contributed by atoms with E-state index >= 15 is 0 Å². The largest absolute Gasteiger partial charge is 0.491 e. The van der Waals surface area contributed by atoms with E-state index < -0.39 is 14.1 Å². The van der Waals surface area contributed by atoms with E-state index in [4.69, 9.17) is 10.00 Å². The molecule has 0 fully saturated rings. The van der Waals surface area contributed by atoms with E-state index in [1.54, 1.807) is 0 Å². The number of hydrogen-bond acceptors (Lipinski definition) is 4. The van der Waals surface area contributed by atoms with Gasteiger partial charge in [0.15, 0.2) is 6.29 Å². The van der Waals surface area contributed by atoms with Gasteiger partial charge in [-0.25, -0.2) is 4.57 Å². The second-order valence-corrected chi connectivity index (χ2v) is 2.94. The normalized spacial score (nSPS) is 20.9. The van der Waals surface area contributed by atoms with Crippen LogP contribution in [-0.4, -0.2) is 16.3 Å². The molecule has 9 heavy (non-hydrogen) atoms. The summed E-state index contributed by atoms with van der Waals surface area (Å²) in [6.45, 7) is 1.15. The molecule has 0 spiro atoms. The van der Waals surface area contributed by atoms with Gasteiger partial charge in [-0.2, -0.15) is 4.08 Å². The van der Waals surface area contributed by atoms with Gasteiger partial charge in [0.05, 0.1) is 11.9 Å². The Bertz CT molecular complexity index is 124. The highest BCUT2D eigenvalue weighted by atomic mass is 35.5. The number of phosphoric ester groups is 1. The van der Waals surface area contributed by atoms with Crippen molar-refractivity contribution in [3.8, 4) is 0 Å². The highest BCUT2D eigenvalue weighted by Crippen LogP contribution is 2.45. The van der Waals surface area contributed by atoms with Crippen molar-refractivity contribution in [3.05, 3.63) is 0 Å². The fourth-order valence-corrected chi connectivity index (χ4v) is 0.725. The van der Waals surface area contributed by atoms with Crippen molar-refractivity contribution >= 4 is 19.7 Å². The third kappa shape index (κ3) is 4.84. The zero-order valence-electron chi connectivity index (χ0n) is 4.52. The van der Waals surface area contributed by atoms with E-state index in [-0.39, 0.29) is 0 Å². The van der Waals surface area contributed by atoms with Crippen molar-refractivity contribution in [3.63, 3.8) is 0 Å². The second-order valence-electron chi connectivity index (χ2n) is 1.24. The van der Waals surface area contributed by atoms with Gasteiger partial charge in [-0.3, -0.25) is 4.52 Å². The van der Waals surface area contributed by atoms with Crippen LogP contribution in [0.15, 0.2) is 0 Å². The topological polar surface area (TPSA) is 76.0 Å². The zero-order valence-corrected chi connectivity index (χ0v) is 6.17. The number of aliphatic hydroxyl groups is 1. The Hall–Kier alpha value is 0.360. The molecule has 0 aliphatic heterocycles. The number of hydrogen-bond donors (Lipinski definition) is 2. The lowest BCUT2D eigenvalue weighted by Crippen LogP contribution is -2.03. The van der Waals surface area contributed by atoms with Gasteiger partial charge in [-0.1, -0.05) is 0 Å². The predicted octanol–water partition coefficient (Wildman–Crippen LogP) is 0.612. The van der Waals surface area contributed by atoms with Crippen molar-refractivity contribution in [2.75, 3.05) is 0 Å². The molecule has 0 amide bonds. The van der Waals surface area contributed by atoms with Crippen molar-refractivity contribution < 1.29 is 23.2 Å². The maximum absolute atomic E-state index is 10.2. The Morgan fingerprint density at radius 2 is 2.22 bits per heavy atom. The molecule has 0 aromatic heterocycles. The number of phosphoric acid groups is 1. The molecule has 56 valence electrons. The molecular weight excluding hydrogens is 170 g/mol. The molecule has 0 radical (unpaired) electrons. The van der Waals surface area contributed by atoms with E-state index in [0.717, 1.165) is 6.92 Å². The summed E-state index contributed by atoms with van der Waals surface area (Å²) in [6, 6.07) is 0. The van der Waals surface area contributed by atoms with Gasteiger partial charge in [0, 0.05) is 0 Å². The van der Waals surface area contributed by atoms with E-state index in [1.165, 1.54) is 0 Å². The maximum Gasteiger partial charge on any atom is 0.491 e. The van der Waals surface area contributed by atoms with Crippen LogP contribution in [0.25, 0.3) is 0 Å². The van der Waals surface area contributed by atoms with Crippen LogP contribution in [0.3, 0.4) is 0 Å². The highest BCUT2D eigenvalue weighted by molar-refractivity contribution is 7.48. The monoisotopic (exact) mass is 176 g/mol. The molecule has 2 atom stereocenters. The fraction of sp³-hybridized carbons (Fsp3) is 1.00. The molecule has 0 aromatic rings. The second kappa shape index (κ2) is 3.51. The van der Waals surface area contributed by atoms with Gasteiger partial charge in [-0.15, -0.1) is 0 Å². The first-order valence-corrected chi connectivity index (χ1v) is 3.78. The Balaban J connectivity index is 3.73. The molecular formula is C2H6ClO5P. The average molecular weight is 176 g/mol. The van der Waals surface area contributed by atoms with Crippen molar-refractivity contribution in [1.29, 1.82) is 0 Å². The summed E-state index contributed by atoms with van der Waals surface area (Å²) < 4.78 is 17.6. The summed E-state index contributed by atoms with van der Waals surface area (Å²) in [7, 11) is -4.21. The quantitative estimate of drug-likeness (QED) is 0.487. The summed E-state index contributed by atoms with van der Waals surface area (Å²) in [6.07, 6.45) is -1.38. The summed E-state index contributed by atoms with van der Waals surface area (Å²) in [5, 5.41) is 8.33. The van der Waals surface area contributed by atoms with Crippen LogP contribution in [0.4, 0.5) is 0 Å². The fourth-order valence-electron chi connectivity index (χ4n) is 0.209. The number of rotatable bonds is 3. The molecule has 2 unspecified atom stereocenters. The molecule has 0 aromatic carbocycles. The van der Waals surface area contributed by atoms with Gasteiger partial charge in [0.1, 0.15) is 0 Å². The van der Waals surface area contributed by atoms with Crippen molar-refractivity contribution in [2.24, 2.45) is 0 Å². The van der Waals surface area contributed by atoms with Crippen LogP contribution >= 0.6 is 19.7 Å². The van der Waals surface area contributed by atoms with Gasteiger partial charge in [-0.05, 0) is 6.92 Å².